The molecule has 0 saturated carbocycles. The molecule has 1 N–H and O–H groups in total. The van der Waals surface area contributed by atoms with Crippen molar-refractivity contribution in [3.63, 3.8) is 0 Å². The molecule has 3 aromatic rings. The minimum absolute atomic E-state index is 0.263. The monoisotopic (exact) mass is 405 g/mol. The van der Waals surface area contributed by atoms with Crippen molar-refractivity contribution in [3.05, 3.63) is 92.9 Å². The van der Waals surface area contributed by atoms with Crippen molar-refractivity contribution in [3.8, 4) is 5.75 Å². The zero-order valence-electron chi connectivity index (χ0n) is 13.5. The van der Waals surface area contributed by atoms with Gasteiger partial charge in [0.1, 0.15) is 12.4 Å². The third kappa shape index (κ3) is 4.92. The molecule has 0 aliphatic heterocycles. The van der Waals surface area contributed by atoms with Crippen LogP contribution >= 0.6 is 34.8 Å². The number of carbonyl (C=O) groups is 1. The van der Waals surface area contributed by atoms with Crippen molar-refractivity contribution in [2.75, 3.05) is 5.32 Å². The molecule has 6 heteroatoms. The second kappa shape index (κ2) is 8.45. The highest BCUT2D eigenvalue weighted by Crippen LogP contribution is 2.23. The summed E-state index contributed by atoms with van der Waals surface area (Å²) in [6.45, 7) is 0.353. The minimum atomic E-state index is -0.263. The smallest absolute Gasteiger partial charge is 0.255 e. The number of hydrogen-bond acceptors (Lipinski definition) is 2. The van der Waals surface area contributed by atoms with E-state index < -0.39 is 0 Å². The van der Waals surface area contributed by atoms with Gasteiger partial charge in [0, 0.05) is 31.9 Å². The second-order valence-electron chi connectivity index (χ2n) is 5.52. The van der Waals surface area contributed by atoms with Gasteiger partial charge < -0.3 is 10.1 Å². The van der Waals surface area contributed by atoms with Crippen molar-refractivity contribution in [2.45, 2.75) is 6.61 Å². The zero-order valence-corrected chi connectivity index (χ0v) is 15.8. The van der Waals surface area contributed by atoms with Crippen LogP contribution in [0, 0.1) is 0 Å². The Morgan fingerprint density at radius 1 is 0.885 bits per heavy atom. The Morgan fingerprint density at radius 3 is 2.19 bits per heavy atom. The molecule has 0 heterocycles. The van der Waals surface area contributed by atoms with Crippen molar-refractivity contribution in [1.29, 1.82) is 0 Å². The van der Waals surface area contributed by atoms with Crippen molar-refractivity contribution < 1.29 is 9.53 Å². The Bertz CT molecular complexity index is 906. The summed E-state index contributed by atoms with van der Waals surface area (Å²) in [4.78, 5) is 12.3. The van der Waals surface area contributed by atoms with Crippen LogP contribution in [0.2, 0.25) is 15.1 Å². The number of halogens is 3. The summed E-state index contributed by atoms with van der Waals surface area (Å²) < 4.78 is 5.71. The molecule has 0 aliphatic carbocycles. The lowest BCUT2D eigenvalue weighted by atomic mass is 10.2. The molecule has 3 nitrogen and oxygen atoms in total. The van der Waals surface area contributed by atoms with Gasteiger partial charge in [-0.1, -0.05) is 53.0 Å². The van der Waals surface area contributed by atoms with Gasteiger partial charge in [0.05, 0.1) is 0 Å². The lowest BCUT2D eigenvalue weighted by molar-refractivity contribution is 0.102. The number of hydrogen-bond donors (Lipinski definition) is 1. The molecule has 3 rings (SSSR count). The van der Waals surface area contributed by atoms with Gasteiger partial charge in [0.25, 0.3) is 5.91 Å². The highest BCUT2D eigenvalue weighted by atomic mass is 35.5. The van der Waals surface area contributed by atoms with E-state index in [2.05, 4.69) is 5.32 Å². The maximum atomic E-state index is 12.3. The molecule has 3 aromatic carbocycles. The largest absolute Gasteiger partial charge is 0.489 e. The van der Waals surface area contributed by atoms with Crippen LogP contribution in [0.3, 0.4) is 0 Å². The number of rotatable bonds is 5. The number of ether oxygens (including phenoxy) is 1. The fraction of sp³-hybridized carbons (Fsp3) is 0.0500. The molecule has 0 aliphatic rings. The van der Waals surface area contributed by atoms with Gasteiger partial charge in [-0.3, -0.25) is 4.79 Å². The Labute approximate surface area is 166 Å². The lowest BCUT2D eigenvalue weighted by Crippen LogP contribution is -2.11. The lowest BCUT2D eigenvalue weighted by Gasteiger charge is -2.09. The van der Waals surface area contributed by atoms with Crippen LogP contribution in [-0.4, -0.2) is 5.91 Å². The van der Waals surface area contributed by atoms with Crippen LogP contribution in [0.4, 0.5) is 5.69 Å². The molecule has 0 saturated heterocycles. The van der Waals surface area contributed by atoms with E-state index in [1.807, 2.05) is 24.3 Å². The summed E-state index contributed by atoms with van der Waals surface area (Å²) in [7, 11) is 0. The van der Waals surface area contributed by atoms with Gasteiger partial charge in [0.2, 0.25) is 0 Å². The third-order valence-electron chi connectivity index (χ3n) is 3.59. The molecule has 26 heavy (non-hydrogen) atoms. The Morgan fingerprint density at radius 2 is 1.54 bits per heavy atom. The van der Waals surface area contributed by atoms with Gasteiger partial charge in [-0.25, -0.2) is 0 Å². The van der Waals surface area contributed by atoms with E-state index in [0.717, 1.165) is 5.56 Å². The molecular formula is C20H14Cl3NO2. The fourth-order valence-corrected chi connectivity index (χ4v) is 3.02. The van der Waals surface area contributed by atoms with Gasteiger partial charge in [-0.2, -0.15) is 0 Å². The predicted octanol–water partition coefficient (Wildman–Crippen LogP) is 6.48. The predicted molar refractivity (Wildman–Crippen MR) is 107 cm³/mol. The number of nitrogens with one attached hydrogen (secondary N) is 1. The fourth-order valence-electron chi connectivity index (χ4n) is 2.31. The van der Waals surface area contributed by atoms with E-state index in [4.69, 9.17) is 39.5 Å². The number of anilines is 1. The molecule has 0 radical (unpaired) electrons. The normalized spacial score (nSPS) is 10.4. The first-order chi connectivity index (χ1) is 12.5. The topological polar surface area (TPSA) is 38.3 Å². The first-order valence-electron chi connectivity index (χ1n) is 7.75. The van der Waals surface area contributed by atoms with Crippen LogP contribution in [0.5, 0.6) is 5.75 Å². The maximum absolute atomic E-state index is 12.3. The molecule has 1 amide bonds. The summed E-state index contributed by atoms with van der Waals surface area (Å²) in [5.74, 6) is 0.383. The first kappa shape index (κ1) is 18.6. The maximum Gasteiger partial charge on any atom is 0.255 e. The number of amides is 1. The third-order valence-corrected chi connectivity index (χ3v) is 4.39. The van der Waals surface area contributed by atoms with E-state index in [0.29, 0.717) is 38.7 Å². The van der Waals surface area contributed by atoms with E-state index in [1.54, 1.807) is 42.5 Å². The Balaban J connectivity index is 1.63. The SMILES string of the molecule is O=C(Nc1cc(Cl)cc(Cl)c1)c1ccc(OCc2ccccc2Cl)cc1. The average Bonchev–Trinajstić information content (AvgIpc) is 2.60. The van der Waals surface area contributed by atoms with E-state index in [9.17, 15) is 4.79 Å². The quantitative estimate of drug-likeness (QED) is 0.526. The highest BCUT2D eigenvalue weighted by molar-refractivity contribution is 6.35. The molecule has 0 unspecified atom stereocenters. The van der Waals surface area contributed by atoms with Gasteiger partial charge in [-0.15, -0.1) is 0 Å². The zero-order chi connectivity index (χ0) is 18.5. The molecule has 0 spiro atoms. The van der Waals surface area contributed by atoms with E-state index in [-0.39, 0.29) is 5.91 Å². The number of benzene rings is 3. The summed E-state index contributed by atoms with van der Waals surface area (Å²) in [5.41, 5.74) is 1.92. The summed E-state index contributed by atoms with van der Waals surface area (Å²) in [6, 6.07) is 19.2. The average molecular weight is 407 g/mol. The van der Waals surface area contributed by atoms with Crippen LogP contribution in [-0.2, 0) is 6.61 Å². The van der Waals surface area contributed by atoms with Gasteiger partial charge in [-0.05, 0) is 48.5 Å². The molecule has 132 valence electrons. The van der Waals surface area contributed by atoms with Gasteiger partial charge >= 0.3 is 0 Å². The van der Waals surface area contributed by atoms with Crippen LogP contribution in [0.1, 0.15) is 15.9 Å². The van der Waals surface area contributed by atoms with E-state index >= 15 is 0 Å². The van der Waals surface area contributed by atoms with Crippen LogP contribution in [0.15, 0.2) is 66.7 Å². The minimum Gasteiger partial charge on any atom is -0.489 e. The second-order valence-corrected chi connectivity index (χ2v) is 6.80. The van der Waals surface area contributed by atoms with Crippen molar-refractivity contribution >= 4 is 46.4 Å². The van der Waals surface area contributed by atoms with Crippen LogP contribution < -0.4 is 10.1 Å². The Kier molecular flexibility index (Phi) is 6.04. The summed E-state index contributed by atoms with van der Waals surface area (Å²) >= 11 is 18.0. The number of carbonyl (C=O) groups excluding carboxylic acids is 1. The highest BCUT2D eigenvalue weighted by Gasteiger charge is 2.08. The van der Waals surface area contributed by atoms with Crippen LogP contribution in [0.25, 0.3) is 0 Å². The molecule has 0 bridgehead atoms. The molecule has 0 atom stereocenters. The first-order valence-corrected chi connectivity index (χ1v) is 8.88. The summed E-state index contributed by atoms with van der Waals surface area (Å²) in [6.07, 6.45) is 0. The Hall–Kier alpha value is -2.20. The molecule has 0 aromatic heterocycles. The molecular weight excluding hydrogens is 393 g/mol. The van der Waals surface area contributed by atoms with E-state index in [1.165, 1.54) is 0 Å². The van der Waals surface area contributed by atoms with Gasteiger partial charge in [0.15, 0.2) is 0 Å². The van der Waals surface area contributed by atoms with Crippen molar-refractivity contribution in [2.24, 2.45) is 0 Å². The van der Waals surface area contributed by atoms with Crippen molar-refractivity contribution in [1.82, 2.24) is 0 Å². The standard InChI is InChI=1S/C20H14Cl3NO2/c21-15-9-16(22)11-17(10-15)24-20(25)13-5-7-18(8-6-13)26-12-14-3-1-2-4-19(14)23/h1-11H,12H2,(H,24,25). The summed E-state index contributed by atoms with van der Waals surface area (Å²) in [5, 5.41) is 4.32. The molecule has 0 fully saturated rings.